The smallest absolute Gasteiger partial charge is 0.407 e. The maximum absolute atomic E-state index is 11.7. The number of nitrogens with one attached hydrogen (secondary N) is 1. The van der Waals surface area contributed by atoms with E-state index < -0.39 is 30.6 Å². The number of alkyl carbamates (subject to hydrolysis) is 1. The molecule has 156 valence electrons. The average molecular weight is 413 g/mol. The van der Waals surface area contributed by atoms with Crippen LogP contribution in [0.3, 0.4) is 0 Å². The minimum atomic E-state index is -1.13. The Labute approximate surface area is 169 Å². The van der Waals surface area contributed by atoms with Crippen LogP contribution in [0.1, 0.15) is 38.7 Å². The van der Waals surface area contributed by atoms with Crippen molar-refractivity contribution in [2.75, 3.05) is 6.54 Å². The van der Waals surface area contributed by atoms with Crippen molar-refractivity contribution in [1.29, 1.82) is 0 Å². The van der Waals surface area contributed by atoms with Crippen molar-refractivity contribution >= 4 is 24.7 Å². The average Bonchev–Trinajstić information content (AvgIpc) is 2.59. The van der Waals surface area contributed by atoms with Gasteiger partial charge in [0.2, 0.25) is 6.29 Å². The first-order valence-corrected chi connectivity index (χ1v) is 9.52. The number of carboxylic acid groups (broad SMARTS) is 1. The third-order valence-electron chi connectivity index (χ3n) is 4.11. The third kappa shape index (κ3) is 7.95. The summed E-state index contributed by atoms with van der Waals surface area (Å²) in [5.41, 5.74) is 0.769. The van der Waals surface area contributed by atoms with Crippen LogP contribution in [-0.2, 0) is 20.9 Å². The van der Waals surface area contributed by atoms with Crippen LogP contribution in [0.15, 0.2) is 24.3 Å². The molecule has 3 unspecified atom stereocenters. The van der Waals surface area contributed by atoms with Gasteiger partial charge in [0, 0.05) is 24.1 Å². The topological polar surface area (TPSA) is 114 Å². The molecule has 1 aromatic carbocycles. The lowest BCUT2D eigenvalue weighted by atomic mass is 10.1. The number of thiol groups is 1. The van der Waals surface area contributed by atoms with E-state index in [0.29, 0.717) is 12.3 Å². The van der Waals surface area contributed by atoms with Crippen LogP contribution in [-0.4, -0.2) is 52.1 Å². The Bertz CT molecular complexity index is 659. The third-order valence-corrected chi connectivity index (χ3v) is 4.33. The number of carbonyl (C=O) groups excluding carboxylic acids is 1. The van der Waals surface area contributed by atoms with E-state index in [0.717, 1.165) is 12.0 Å². The number of aliphatic hydroxyl groups is 1. The van der Waals surface area contributed by atoms with Gasteiger partial charge in [-0.3, -0.25) is 0 Å². The summed E-state index contributed by atoms with van der Waals surface area (Å²) in [6, 6.07) is 6.79. The van der Waals surface area contributed by atoms with Gasteiger partial charge in [0.1, 0.15) is 12.4 Å². The zero-order chi connectivity index (χ0) is 20.7. The molecule has 1 saturated heterocycles. The van der Waals surface area contributed by atoms with Crippen LogP contribution in [0, 0.1) is 0 Å². The number of rotatable bonds is 8. The lowest BCUT2D eigenvalue weighted by Gasteiger charge is -2.31. The summed E-state index contributed by atoms with van der Waals surface area (Å²) in [4.78, 5) is 22.7. The van der Waals surface area contributed by atoms with Crippen LogP contribution < -0.4 is 10.1 Å². The molecule has 1 fully saturated rings. The first-order valence-electron chi connectivity index (χ1n) is 9.07. The number of ether oxygens (including phenoxy) is 3. The van der Waals surface area contributed by atoms with Crippen molar-refractivity contribution in [3.63, 3.8) is 0 Å². The molecule has 1 aliphatic heterocycles. The number of aliphatic hydroxyl groups excluding tert-OH is 1. The summed E-state index contributed by atoms with van der Waals surface area (Å²) in [7, 11) is 0. The van der Waals surface area contributed by atoms with Crippen molar-refractivity contribution in [3.8, 4) is 5.75 Å². The Morgan fingerprint density at radius 2 is 1.96 bits per heavy atom. The SMILES string of the molecule is CC(C)(S)CCNC(=O)OCc1ccc(OC2CC(O)CC(C(=O)O)O2)cc1. The van der Waals surface area contributed by atoms with E-state index in [2.05, 4.69) is 17.9 Å². The minimum absolute atomic E-state index is 0.0407. The quantitative estimate of drug-likeness (QED) is 0.484. The summed E-state index contributed by atoms with van der Waals surface area (Å²) in [5, 5.41) is 21.5. The van der Waals surface area contributed by atoms with Gasteiger partial charge < -0.3 is 29.7 Å². The molecule has 1 aliphatic rings. The van der Waals surface area contributed by atoms with Crippen LogP contribution >= 0.6 is 12.6 Å². The molecule has 3 N–H and O–H groups in total. The molecule has 1 heterocycles. The standard InChI is InChI=1S/C19H27NO7S/c1-19(2,28)7-8-20-18(24)25-11-12-3-5-14(6-4-12)26-16-10-13(21)9-15(27-16)17(22)23/h3-6,13,15-16,21,28H,7-11H2,1-2H3,(H,20,24)(H,22,23). The largest absolute Gasteiger partial charge is 0.479 e. The summed E-state index contributed by atoms with van der Waals surface area (Å²) in [6.07, 6.45) is -2.27. The van der Waals surface area contributed by atoms with Gasteiger partial charge in [0.15, 0.2) is 6.10 Å². The fourth-order valence-electron chi connectivity index (χ4n) is 2.58. The van der Waals surface area contributed by atoms with Crippen molar-refractivity contribution in [3.05, 3.63) is 29.8 Å². The number of aliphatic carboxylic acids is 1. The van der Waals surface area contributed by atoms with Gasteiger partial charge >= 0.3 is 12.1 Å². The Morgan fingerprint density at radius 1 is 1.29 bits per heavy atom. The monoisotopic (exact) mass is 413 g/mol. The number of carbonyl (C=O) groups is 2. The normalized spacial score (nSPS) is 22.4. The maximum atomic E-state index is 11.7. The van der Waals surface area contributed by atoms with Gasteiger partial charge in [0.25, 0.3) is 0 Å². The number of hydrogen-bond donors (Lipinski definition) is 4. The molecular formula is C19H27NO7S. The first-order chi connectivity index (χ1) is 13.1. The predicted octanol–water partition coefficient (Wildman–Crippen LogP) is 2.34. The molecular weight excluding hydrogens is 386 g/mol. The maximum Gasteiger partial charge on any atom is 0.407 e. The van der Waals surface area contributed by atoms with Crippen LogP contribution in [0.5, 0.6) is 5.75 Å². The van der Waals surface area contributed by atoms with Gasteiger partial charge in [-0.25, -0.2) is 9.59 Å². The van der Waals surface area contributed by atoms with Crippen molar-refractivity contribution < 1.29 is 34.0 Å². The van der Waals surface area contributed by atoms with E-state index >= 15 is 0 Å². The molecule has 1 aromatic rings. The highest BCUT2D eigenvalue weighted by atomic mass is 32.1. The lowest BCUT2D eigenvalue weighted by Crippen LogP contribution is -2.42. The van der Waals surface area contributed by atoms with Crippen molar-refractivity contribution in [1.82, 2.24) is 5.32 Å². The van der Waals surface area contributed by atoms with E-state index in [1.165, 1.54) is 0 Å². The minimum Gasteiger partial charge on any atom is -0.479 e. The molecule has 0 aliphatic carbocycles. The summed E-state index contributed by atoms with van der Waals surface area (Å²) < 4.78 is 15.9. The molecule has 0 bridgehead atoms. The lowest BCUT2D eigenvalue weighted by molar-refractivity contribution is -0.195. The molecule has 3 atom stereocenters. The Morgan fingerprint density at radius 3 is 2.57 bits per heavy atom. The second kappa shape index (κ2) is 9.99. The van der Waals surface area contributed by atoms with Gasteiger partial charge in [-0.15, -0.1) is 0 Å². The zero-order valence-corrected chi connectivity index (χ0v) is 16.9. The van der Waals surface area contributed by atoms with E-state index in [1.807, 2.05) is 13.8 Å². The van der Waals surface area contributed by atoms with Crippen LogP contribution in [0.4, 0.5) is 4.79 Å². The highest BCUT2D eigenvalue weighted by Crippen LogP contribution is 2.24. The van der Waals surface area contributed by atoms with Crippen molar-refractivity contribution in [2.45, 2.75) is 63.0 Å². The number of benzene rings is 1. The molecule has 0 radical (unpaired) electrons. The highest BCUT2D eigenvalue weighted by Gasteiger charge is 2.33. The number of amides is 1. The molecule has 2 rings (SSSR count). The van der Waals surface area contributed by atoms with E-state index in [4.69, 9.17) is 19.3 Å². The molecule has 0 aromatic heterocycles. The fraction of sp³-hybridized carbons (Fsp3) is 0.579. The summed E-state index contributed by atoms with van der Waals surface area (Å²) in [6.45, 7) is 4.52. The molecule has 28 heavy (non-hydrogen) atoms. The number of hydrogen-bond acceptors (Lipinski definition) is 7. The molecule has 0 spiro atoms. The van der Waals surface area contributed by atoms with Crippen molar-refractivity contribution in [2.24, 2.45) is 0 Å². The number of carboxylic acids is 1. The second-order valence-electron chi connectivity index (χ2n) is 7.34. The molecule has 8 nitrogen and oxygen atoms in total. The summed E-state index contributed by atoms with van der Waals surface area (Å²) in [5.74, 6) is -0.663. The Balaban J connectivity index is 1.77. The van der Waals surface area contributed by atoms with Gasteiger partial charge in [-0.05, 0) is 24.1 Å². The molecule has 9 heteroatoms. The van der Waals surface area contributed by atoms with Gasteiger partial charge in [0.05, 0.1) is 6.10 Å². The first kappa shape index (κ1) is 22.3. The predicted molar refractivity (Wildman–Crippen MR) is 104 cm³/mol. The summed E-state index contributed by atoms with van der Waals surface area (Å²) >= 11 is 4.39. The van der Waals surface area contributed by atoms with E-state index in [9.17, 15) is 14.7 Å². The van der Waals surface area contributed by atoms with Gasteiger partial charge in [-0.2, -0.15) is 12.6 Å². The van der Waals surface area contributed by atoms with Gasteiger partial charge in [-0.1, -0.05) is 26.0 Å². The van der Waals surface area contributed by atoms with Crippen LogP contribution in [0.25, 0.3) is 0 Å². The van der Waals surface area contributed by atoms with Crippen LogP contribution in [0.2, 0.25) is 0 Å². The van der Waals surface area contributed by atoms with E-state index in [1.54, 1.807) is 24.3 Å². The highest BCUT2D eigenvalue weighted by molar-refractivity contribution is 7.81. The second-order valence-corrected chi connectivity index (χ2v) is 8.56. The zero-order valence-electron chi connectivity index (χ0n) is 16.0. The molecule has 0 saturated carbocycles. The Hall–Kier alpha value is -1.97. The van der Waals surface area contributed by atoms with E-state index in [-0.39, 0.29) is 24.2 Å². The Kier molecular flexibility index (Phi) is 7.97. The molecule has 1 amide bonds. The fourth-order valence-corrected chi connectivity index (χ4v) is 2.69.